The van der Waals surface area contributed by atoms with E-state index in [9.17, 15) is 9.59 Å². The fourth-order valence-corrected chi connectivity index (χ4v) is 1.95. The molecule has 0 aromatic heterocycles. The van der Waals surface area contributed by atoms with E-state index in [1.54, 1.807) is 24.3 Å². The van der Waals surface area contributed by atoms with Crippen LogP contribution in [-0.2, 0) is 14.3 Å². The van der Waals surface area contributed by atoms with Crippen molar-refractivity contribution in [2.24, 2.45) is 5.92 Å². The zero-order valence-electron chi connectivity index (χ0n) is 9.14. The SMILES string of the molecule is COC(=O)C(C#N)C1C(=O)Nc2ccccc21. The van der Waals surface area contributed by atoms with Crippen LogP contribution in [0.2, 0.25) is 0 Å². The third-order valence-corrected chi connectivity index (χ3v) is 2.76. The lowest BCUT2D eigenvalue weighted by molar-refractivity contribution is -0.145. The zero-order valence-corrected chi connectivity index (χ0v) is 9.14. The van der Waals surface area contributed by atoms with Crippen molar-refractivity contribution in [3.63, 3.8) is 0 Å². The Morgan fingerprint density at radius 2 is 2.24 bits per heavy atom. The molecule has 0 saturated heterocycles. The predicted octanol–water partition coefficient (Wildman–Crippen LogP) is 1.04. The van der Waals surface area contributed by atoms with Gasteiger partial charge in [0.05, 0.1) is 19.1 Å². The van der Waals surface area contributed by atoms with E-state index in [0.29, 0.717) is 11.3 Å². The Kier molecular flexibility index (Phi) is 2.79. The van der Waals surface area contributed by atoms with Crippen LogP contribution < -0.4 is 5.32 Å². The van der Waals surface area contributed by atoms with Crippen molar-refractivity contribution in [1.82, 2.24) is 0 Å². The standard InChI is InChI=1S/C12H10N2O3/c1-17-12(16)8(6-13)10-7-4-2-3-5-9(7)14-11(10)15/h2-5,8,10H,1H3,(H,14,15). The van der Waals surface area contributed by atoms with Crippen molar-refractivity contribution in [3.05, 3.63) is 29.8 Å². The van der Waals surface area contributed by atoms with E-state index in [2.05, 4.69) is 10.1 Å². The molecule has 1 aromatic rings. The number of hydrogen-bond donors (Lipinski definition) is 1. The molecule has 86 valence electrons. The van der Waals surface area contributed by atoms with Gasteiger partial charge in [0.25, 0.3) is 0 Å². The monoisotopic (exact) mass is 230 g/mol. The fraction of sp³-hybridized carbons (Fsp3) is 0.250. The van der Waals surface area contributed by atoms with E-state index in [-0.39, 0.29) is 5.91 Å². The van der Waals surface area contributed by atoms with Gasteiger partial charge in [0.2, 0.25) is 5.91 Å². The van der Waals surface area contributed by atoms with Crippen LogP contribution in [0.15, 0.2) is 24.3 Å². The lowest BCUT2D eigenvalue weighted by atomic mass is 9.88. The summed E-state index contributed by atoms with van der Waals surface area (Å²) in [7, 11) is 1.20. The van der Waals surface area contributed by atoms with Gasteiger partial charge in [0.1, 0.15) is 0 Å². The second-order valence-electron chi connectivity index (χ2n) is 3.68. The van der Waals surface area contributed by atoms with Gasteiger partial charge in [-0.05, 0) is 11.6 Å². The zero-order chi connectivity index (χ0) is 12.4. The second-order valence-corrected chi connectivity index (χ2v) is 3.68. The van der Waals surface area contributed by atoms with Crippen LogP contribution in [0, 0.1) is 17.2 Å². The Hall–Kier alpha value is -2.35. The summed E-state index contributed by atoms with van der Waals surface area (Å²) in [5, 5.41) is 11.6. The lowest BCUT2D eigenvalue weighted by Gasteiger charge is -2.12. The Labute approximate surface area is 98.0 Å². The van der Waals surface area contributed by atoms with Crippen LogP contribution >= 0.6 is 0 Å². The number of carbonyl (C=O) groups is 2. The number of rotatable bonds is 2. The van der Waals surface area contributed by atoms with Gasteiger partial charge in [-0.3, -0.25) is 9.59 Å². The number of amides is 1. The average Bonchev–Trinajstić information content (AvgIpc) is 2.67. The first-order chi connectivity index (χ1) is 8.19. The van der Waals surface area contributed by atoms with Crippen molar-refractivity contribution in [3.8, 4) is 6.07 Å². The number of hydrogen-bond acceptors (Lipinski definition) is 4. The molecule has 1 aliphatic rings. The molecule has 0 aliphatic carbocycles. The van der Waals surface area contributed by atoms with E-state index in [4.69, 9.17) is 5.26 Å². The maximum atomic E-state index is 11.8. The highest BCUT2D eigenvalue weighted by Crippen LogP contribution is 2.37. The molecule has 2 unspecified atom stereocenters. The molecule has 1 aliphatic heterocycles. The van der Waals surface area contributed by atoms with Crippen LogP contribution in [0.5, 0.6) is 0 Å². The number of nitrogens with zero attached hydrogens (tertiary/aromatic N) is 1. The van der Waals surface area contributed by atoms with Gasteiger partial charge in [0.15, 0.2) is 5.92 Å². The second kappa shape index (κ2) is 4.26. The molecule has 0 fully saturated rings. The third-order valence-electron chi connectivity index (χ3n) is 2.76. The number of benzene rings is 1. The van der Waals surface area contributed by atoms with Gasteiger partial charge in [-0.15, -0.1) is 0 Å². The number of nitriles is 1. The van der Waals surface area contributed by atoms with Gasteiger partial charge in [-0.2, -0.15) is 5.26 Å². The Morgan fingerprint density at radius 3 is 2.88 bits per heavy atom. The van der Waals surface area contributed by atoms with Crippen molar-refractivity contribution < 1.29 is 14.3 Å². The van der Waals surface area contributed by atoms with E-state index < -0.39 is 17.8 Å². The number of ether oxygens (including phenoxy) is 1. The van der Waals surface area contributed by atoms with Gasteiger partial charge in [-0.1, -0.05) is 18.2 Å². The van der Waals surface area contributed by atoms with Gasteiger partial charge in [-0.25, -0.2) is 0 Å². The first kappa shape index (κ1) is 11.1. The van der Waals surface area contributed by atoms with Gasteiger partial charge in [0, 0.05) is 5.69 Å². The molecule has 1 amide bonds. The number of anilines is 1. The average molecular weight is 230 g/mol. The minimum absolute atomic E-state index is 0.344. The molecule has 0 saturated carbocycles. The maximum absolute atomic E-state index is 11.8. The Morgan fingerprint density at radius 1 is 1.53 bits per heavy atom. The van der Waals surface area contributed by atoms with Crippen LogP contribution in [0.25, 0.3) is 0 Å². The number of esters is 1. The summed E-state index contributed by atoms with van der Waals surface area (Å²) in [5.74, 6) is -2.93. The van der Waals surface area contributed by atoms with Crippen molar-refractivity contribution >= 4 is 17.6 Å². The third kappa shape index (κ3) is 1.74. The summed E-state index contributed by atoms with van der Waals surface area (Å²) in [6.07, 6.45) is 0. The van der Waals surface area contributed by atoms with Crippen molar-refractivity contribution in [2.75, 3.05) is 12.4 Å². The highest BCUT2D eigenvalue weighted by Gasteiger charge is 2.41. The maximum Gasteiger partial charge on any atom is 0.324 e. The smallest absolute Gasteiger partial charge is 0.324 e. The van der Waals surface area contributed by atoms with E-state index in [1.807, 2.05) is 6.07 Å². The van der Waals surface area contributed by atoms with E-state index in [1.165, 1.54) is 7.11 Å². The quantitative estimate of drug-likeness (QED) is 0.770. The molecule has 2 rings (SSSR count). The summed E-state index contributed by atoms with van der Waals surface area (Å²) in [4.78, 5) is 23.2. The van der Waals surface area contributed by atoms with Gasteiger partial charge < -0.3 is 10.1 Å². The van der Waals surface area contributed by atoms with E-state index in [0.717, 1.165) is 0 Å². The molecule has 1 heterocycles. The lowest BCUT2D eigenvalue weighted by Crippen LogP contribution is -2.27. The van der Waals surface area contributed by atoms with Crippen molar-refractivity contribution in [2.45, 2.75) is 5.92 Å². The molecule has 5 nitrogen and oxygen atoms in total. The number of nitrogens with one attached hydrogen (secondary N) is 1. The number of para-hydroxylation sites is 1. The summed E-state index contributed by atoms with van der Waals surface area (Å²) < 4.78 is 4.54. The molecular weight excluding hydrogens is 220 g/mol. The van der Waals surface area contributed by atoms with Crippen molar-refractivity contribution in [1.29, 1.82) is 5.26 Å². The molecule has 1 N–H and O–H groups in total. The molecule has 17 heavy (non-hydrogen) atoms. The topological polar surface area (TPSA) is 79.2 Å². The Balaban J connectivity index is 2.42. The predicted molar refractivity (Wildman–Crippen MR) is 58.9 cm³/mol. The van der Waals surface area contributed by atoms with Crippen LogP contribution in [-0.4, -0.2) is 19.0 Å². The number of carbonyl (C=O) groups excluding carboxylic acids is 2. The summed E-state index contributed by atoms with van der Waals surface area (Å²) in [6.45, 7) is 0. The first-order valence-corrected chi connectivity index (χ1v) is 5.06. The molecule has 1 aromatic carbocycles. The molecule has 2 atom stereocenters. The molecular formula is C12H10N2O3. The molecule has 0 spiro atoms. The number of fused-ring (bicyclic) bond motifs is 1. The molecule has 5 heteroatoms. The Bertz CT molecular complexity index is 519. The summed E-state index contributed by atoms with van der Waals surface area (Å²) in [5.41, 5.74) is 1.31. The largest absolute Gasteiger partial charge is 0.468 e. The minimum atomic E-state index is -1.11. The van der Waals surface area contributed by atoms with Crippen LogP contribution in [0.3, 0.4) is 0 Å². The summed E-state index contributed by atoms with van der Waals surface area (Å²) in [6, 6.07) is 8.83. The first-order valence-electron chi connectivity index (χ1n) is 5.06. The fourth-order valence-electron chi connectivity index (χ4n) is 1.95. The normalized spacial score (nSPS) is 18.8. The van der Waals surface area contributed by atoms with Crippen LogP contribution in [0.1, 0.15) is 11.5 Å². The highest BCUT2D eigenvalue weighted by molar-refractivity contribution is 6.05. The molecule has 0 radical (unpaired) electrons. The summed E-state index contributed by atoms with van der Waals surface area (Å²) >= 11 is 0. The van der Waals surface area contributed by atoms with E-state index >= 15 is 0 Å². The molecule has 0 bridgehead atoms. The van der Waals surface area contributed by atoms with Crippen LogP contribution in [0.4, 0.5) is 5.69 Å². The highest BCUT2D eigenvalue weighted by atomic mass is 16.5. The van der Waals surface area contributed by atoms with Gasteiger partial charge >= 0.3 is 5.97 Å². The minimum Gasteiger partial charge on any atom is -0.468 e. The number of methoxy groups -OCH3 is 1.